The molecule has 0 radical (unpaired) electrons. The van der Waals surface area contributed by atoms with E-state index in [-0.39, 0.29) is 22.7 Å². The fourth-order valence-electron chi connectivity index (χ4n) is 1.81. The number of amides is 1. The summed E-state index contributed by atoms with van der Waals surface area (Å²) in [5, 5.41) is 17.0. The molecule has 1 aliphatic heterocycles. The highest BCUT2D eigenvalue weighted by molar-refractivity contribution is 8.13. The highest BCUT2D eigenvalue weighted by Crippen LogP contribution is 2.32. The molecule has 0 bridgehead atoms. The Morgan fingerprint density at radius 1 is 1.48 bits per heavy atom. The summed E-state index contributed by atoms with van der Waals surface area (Å²) in [7, 11) is 0. The number of hydrogen-bond acceptors (Lipinski definition) is 8. The van der Waals surface area contributed by atoms with E-state index >= 15 is 0 Å². The summed E-state index contributed by atoms with van der Waals surface area (Å²) in [5.41, 5.74) is 0. The molecule has 0 saturated carbocycles. The van der Waals surface area contributed by atoms with Crippen molar-refractivity contribution >= 4 is 57.0 Å². The van der Waals surface area contributed by atoms with E-state index in [1.165, 1.54) is 30.0 Å². The van der Waals surface area contributed by atoms with Crippen LogP contribution < -0.4 is 4.90 Å². The fraction of sp³-hybridized carbons (Fsp3) is 0.545. The Morgan fingerprint density at radius 3 is 2.90 bits per heavy atom. The average molecular weight is 347 g/mol. The van der Waals surface area contributed by atoms with Crippen molar-refractivity contribution in [2.75, 3.05) is 23.0 Å². The van der Waals surface area contributed by atoms with Gasteiger partial charge in [0.15, 0.2) is 9.45 Å². The number of nitrogens with zero attached hydrogens (tertiary/aromatic N) is 3. The summed E-state index contributed by atoms with van der Waals surface area (Å²) in [6, 6.07) is 0. The molecule has 7 nitrogen and oxygen atoms in total. The molecule has 1 saturated heterocycles. The summed E-state index contributed by atoms with van der Waals surface area (Å²) >= 11 is 3.52. The lowest BCUT2D eigenvalue weighted by molar-refractivity contribution is -0.134. The Labute approximate surface area is 133 Å². The number of carbonyl (C=O) groups excluding carboxylic acids is 2. The number of aromatic nitrogens is 2. The van der Waals surface area contributed by atoms with Gasteiger partial charge in [-0.05, 0) is 5.92 Å². The monoisotopic (exact) mass is 347 g/mol. The molecule has 10 heteroatoms. The number of aliphatic carboxylic acids is 1. The molecule has 1 amide bonds. The average Bonchev–Trinajstić information content (AvgIpc) is 3.00. The molecule has 21 heavy (non-hydrogen) atoms. The minimum Gasteiger partial charge on any atom is -0.481 e. The second-order valence-corrected chi connectivity index (χ2v) is 7.79. The molecule has 1 aliphatic rings. The molecule has 1 atom stereocenters. The van der Waals surface area contributed by atoms with Crippen LogP contribution in [0, 0.1) is 5.92 Å². The van der Waals surface area contributed by atoms with Gasteiger partial charge in [-0.25, -0.2) is 0 Å². The molecule has 1 aromatic heterocycles. The Balaban J connectivity index is 1.94. The standard InChI is InChI=1S/C11H13N3O4S3/c1-6(15)19-4-7-2-8(16)14(3-7)10-12-13-11(21-10)20-5-9(17)18/h7H,2-5H2,1H3,(H,17,18). The summed E-state index contributed by atoms with van der Waals surface area (Å²) < 4.78 is 0.529. The van der Waals surface area contributed by atoms with Crippen LogP contribution in [-0.4, -0.2) is 50.3 Å². The van der Waals surface area contributed by atoms with Crippen molar-refractivity contribution in [3.8, 4) is 0 Å². The quantitative estimate of drug-likeness (QED) is 0.608. The van der Waals surface area contributed by atoms with E-state index in [1.54, 1.807) is 4.90 Å². The highest BCUT2D eigenvalue weighted by atomic mass is 32.2. The van der Waals surface area contributed by atoms with Crippen molar-refractivity contribution in [2.24, 2.45) is 5.92 Å². The zero-order valence-electron chi connectivity index (χ0n) is 11.1. The molecule has 0 aliphatic carbocycles. The molecule has 2 rings (SSSR count). The maximum atomic E-state index is 12.0. The predicted molar refractivity (Wildman–Crippen MR) is 81.9 cm³/mol. The molecule has 0 aromatic carbocycles. The minimum atomic E-state index is -0.921. The number of anilines is 1. The first-order valence-corrected chi connectivity index (χ1v) is 8.86. The maximum Gasteiger partial charge on any atom is 0.313 e. The molecule has 1 aromatic rings. The van der Waals surface area contributed by atoms with Gasteiger partial charge in [0.05, 0.1) is 5.75 Å². The zero-order valence-corrected chi connectivity index (χ0v) is 13.6. The topological polar surface area (TPSA) is 100 Å². The number of carbonyl (C=O) groups is 3. The zero-order chi connectivity index (χ0) is 15.4. The predicted octanol–water partition coefficient (Wildman–Crippen LogP) is 1.35. The van der Waals surface area contributed by atoms with Gasteiger partial charge in [-0.1, -0.05) is 34.9 Å². The third-order valence-corrected chi connectivity index (χ3v) is 5.78. The van der Waals surface area contributed by atoms with Gasteiger partial charge < -0.3 is 5.11 Å². The second kappa shape index (κ2) is 7.23. The third kappa shape index (κ3) is 4.68. The van der Waals surface area contributed by atoms with Crippen LogP contribution in [0.5, 0.6) is 0 Å². The number of rotatable bonds is 6. The first-order valence-electron chi connectivity index (χ1n) is 6.07. The van der Waals surface area contributed by atoms with Crippen molar-refractivity contribution in [1.29, 1.82) is 0 Å². The number of carboxylic acids is 1. The molecule has 0 spiro atoms. The van der Waals surface area contributed by atoms with Crippen LogP contribution >= 0.6 is 34.9 Å². The summed E-state index contributed by atoms with van der Waals surface area (Å²) in [6.07, 6.45) is 0.400. The van der Waals surface area contributed by atoms with Gasteiger partial charge in [0.2, 0.25) is 11.0 Å². The molecular weight excluding hydrogens is 334 g/mol. The van der Waals surface area contributed by atoms with Crippen molar-refractivity contribution in [2.45, 2.75) is 17.7 Å². The summed E-state index contributed by atoms with van der Waals surface area (Å²) in [4.78, 5) is 35.0. The van der Waals surface area contributed by atoms with Crippen molar-refractivity contribution < 1.29 is 19.5 Å². The first kappa shape index (κ1) is 16.2. The van der Waals surface area contributed by atoms with E-state index in [2.05, 4.69) is 10.2 Å². The molecule has 1 fully saturated rings. The lowest BCUT2D eigenvalue weighted by Gasteiger charge is -2.11. The molecule has 114 valence electrons. The summed E-state index contributed by atoms with van der Waals surface area (Å²) in [5.74, 6) is -0.284. The Kier molecular flexibility index (Phi) is 5.59. The van der Waals surface area contributed by atoms with Crippen LogP contribution in [0.4, 0.5) is 5.13 Å². The van der Waals surface area contributed by atoms with Crippen LogP contribution in [0.2, 0.25) is 0 Å². The Morgan fingerprint density at radius 2 is 2.24 bits per heavy atom. The third-order valence-electron chi connectivity index (χ3n) is 2.67. The van der Waals surface area contributed by atoms with E-state index in [9.17, 15) is 14.4 Å². The van der Waals surface area contributed by atoms with Gasteiger partial charge in [-0.15, -0.1) is 10.2 Å². The SMILES string of the molecule is CC(=O)SCC1CC(=O)N(c2nnc(SCC(=O)O)s2)C1. The van der Waals surface area contributed by atoms with E-state index in [0.717, 1.165) is 11.8 Å². The Hall–Kier alpha value is -1.13. The van der Waals surface area contributed by atoms with Crippen molar-refractivity contribution in [1.82, 2.24) is 10.2 Å². The van der Waals surface area contributed by atoms with Crippen LogP contribution in [0.1, 0.15) is 13.3 Å². The van der Waals surface area contributed by atoms with E-state index < -0.39 is 5.97 Å². The Bertz CT molecular complexity index is 563. The van der Waals surface area contributed by atoms with Gasteiger partial charge >= 0.3 is 5.97 Å². The second-order valence-electron chi connectivity index (χ2n) is 4.41. The van der Waals surface area contributed by atoms with Crippen LogP contribution in [0.3, 0.4) is 0 Å². The first-order chi connectivity index (χ1) is 9.95. The smallest absolute Gasteiger partial charge is 0.313 e. The molecule has 1 unspecified atom stereocenters. The largest absolute Gasteiger partial charge is 0.481 e. The van der Waals surface area contributed by atoms with Gasteiger partial charge in [0.25, 0.3) is 0 Å². The lowest BCUT2D eigenvalue weighted by atomic mass is 10.1. The van der Waals surface area contributed by atoms with Crippen LogP contribution in [0.15, 0.2) is 4.34 Å². The number of thioether (sulfide) groups is 2. The van der Waals surface area contributed by atoms with Crippen molar-refractivity contribution in [3.05, 3.63) is 0 Å². The maximum absolute atomic E-state index is 12.0. The minimum absolute atomic E-state index is 0.0323. The summed E-state index contributed by atoms with van der Waals surface area (Å²) in [6.45, 7) is 2.03. The highest BCUT2D eigenvalue weighted by Gasteiger charge is 2.32. The van der Waals surface area contributed by atoms with Gasteiger partial charge in [0, 0.05) is 25.6 Å². The van der Waals surface area contributed by atoms with E-state index in [4.69, 9.17) is 5.11 Å². The fourth-order valence-corrected chi connectivity index (χ4v) is 4.09. The lowest BCUT2D eigenvalue weighted by Crippen LogP contribution is -2.24. The van der Waals surface area contributed by atoms with Gasteiger partial charge in [-0.3, -0.25) is 19.3 Å². The molecule has 2 heterocycles. The van der Waals surface area contributed by atoms with Crippen LogP contribution in [-0.2, 0) is 14.4 Å². The van der Waals surface area contributed by atoms with Gasteiger partial charge in [-0.2, -0.15) is 0 Å². The van der Waals surface area contributed by atoms with Crippen molar-refractivity contribution in [3.63, 3.8) is 0 Å². The van der Waals surface area contributed by atoms with Gasteiger partial charge in [0.1, 0.15) is 0 Å². The molecular formula is C11H13N3O4S3. The van der Waals surface area contributed by atoms with E-state index in [1.807, 2.05) is 0 Å². The van der Waals surface area contributed by atoms with E-state index in [0.29, 0.717) is 28.2 Å². The van der Waals surface area contributed by atoms with Crippen LogP contribution in [0.25, 0.3) is 0 Å². The normalized spacial score (nSPS) is 18.2. The number of carboxylic acid groups (broad SMARTS) is 1. The molecule has 1 N–H and O–H groups in total. The number of hydrogen-bond donors (Lipinski definition) is 1.